The van der Waals surface area contributed by atoms with Crippen LogP contribution in [0.2, 0.25) is 5.15 Å². The number of halogens is 1. The first kappa shape index (κ1) is 12.6. The van der Waals surface area contributed by atoms with Crippen molar-refractivity contribution in [2.75, 3.05) is 0 Å². The second kappa shape index (κ2) is 4.91. The molecule has 0 bridgehead atoms. The number of aryl methyl sites for hydroxylation is 1. The maximum absolute atomic E-state index is 6.18. The Bertz CT molecular complexity index is 587. The van der Waals surface area contributed by atoms with E-state index >= 15 is 0 Å². The minimum absolute atomic E-state index is 0.245. The summed E-state index contributed by atoms with van der Waals surface area (Å²) in [5.41, 5.74) is 4.78. The SMILES string of the molecule is Cc1cc(C(C)N2Cc3ccccc3C2)c(Cl)nn1. The van der Waals surface area contributed by atoms with E-state index in [4.69, 9.17) is 11.6 Å². The van der Waals surface area contributed by atoms with E-state index < -0.39 is 0 Å². The highest BCUT2D eigenvalue weighted by molar-refractivity contribution is 6.30. The molecule has 1 atom stereocenters. The summed E-state index contributed by atoms with van der Waals surface area (Å²) in [6.07, 6.45) is 0. The van der Waals surface area contributed by atoms with Gasteiger partial charge in [-0.25, -0.2) is 0 Å². The third-order valence-electron chi connectivity index (χ3n) is 3.76. The average Bonchev–Trinajstić information content (AvgIpc) is 2.84. The lowest BCUT2D eigenvalue weighted by molar-refractivity contribution is 0.214. The minimum Gasteiger partial charge on any atom is -0.288 e. The van der Waals surface area contributed by atoms with Gasteiger partial charge in [-0.1, -0.05) is 35.9 Å². The third-order valence-corrected chi connectivity index (χ3v) is 4.06. The lowest BCUT2D eigenvalue weighted by Crippen LogP contribution is -2.21. The monoisotopic (exact) mass is 273 g/mol. The third kappa shape index (κ3) is 2.36. The van der Waals surface area contributed by atoms with Crippen LogP contribution in [-0.4, -0.2) is 15.1 Å². The Kier molecular flexibility index (Phi) is 3.25. The summed E-state index contributed by atoms with van der Waals surface area (Å²) in [6.45, 7) is 6.05. The highest BCUT2D eigenvalue weighted by Crippen LogP contribution is 2.33. The summed E-state index contributed by atoms with van der Waals surface area (Å²) < 4.78 is 0. The molecule has 3 rings (SSSR count). The lowest BCUT2D eigenvalue weighted by atomic mass is 10.1. The topological polar surface area (TPSA) is 29.0 Å². The molecule has 1 aliphatic heterocycles. The number of rotatable bonds is 2. The second-order valence-corrected chi connectivity index (χ2v) is 5.44. The van der Waals surface area contributed by atoms with Gasteiger partial charge < -0.3 is 0 Å². The summed E-state index contributed by atoms with van der Waals surface area (Å²) in [7, 11) is 0. The molecule has 0 saturated carbocycles. The van der Waals surface area contributed by atoms with Crippen LogP contribution >= 0.6 is 11.6 Å². The van der Waals surface area contributed by atoms with Crippen molar-refractivity contribution in [1.82, 2.24) is 15.1 Å². The molecule has 1 aliphatic rings. The molecule has 2 aromatic rings. The first-order chi connectivity index (χ1) is 9.15. The number of benzene rings is 1. The van der Waals surface area contributed by atoms with Crippen molar-refractivity contribution in [1.29, 1.82) is 0 Å². The van der Waals surface area contributed by atoms with Crippen molar-refractivity contribution < 1.29 is 0 Å². The second-order valence-electron chi connectivity index (χ2n) is 5.08. The van der Waals surface area contributed by atoms with E-state index in [2.05, 4.69) is 46.3 Å². The fourth-order valence-corrected chi connectivity index (χ4v) is 2.87. The van der Waals surface area contributed by atoms with Crippen molar-refractivity contribution in [3.05, 3.63) is 57.9 Å². The Balaban J connectivity index is 1.87. The predicted octanol–water partition coefficient (Wildman–Crippen LogP) is 3.52. The highest BCUT2D eigenvalue weighted by atomic mass is 35.5. The predicted molar refractivity (Wildman–Crippen MR) is 75.9 cm³/mol. The van der Waals surface area contributed by atoms with E-state index in [1.807, 2.05) is 13.0 Å². The van der Waals surface area contributed by atoms with Gasteiger partial charge in [-0.15, -0.1) is 5.10 Å². The van der Waals surface area contributed by atoms with E-state index in [1.165, 1.54) is 11.1 Å². The quantitative estimate of drug-likeness (QED) is 0.838. The van der Waals surface area contributed by atoms with Crippen LogP contribution in [0, 0.1) is 6.92 Å². The van der Waals surface area contributed by atoms with Gasteiger partial charge in [0.2, 0.25) is 0 Å². The first-order valence-corrected chi connectivity index (χ1v) is 6.83. The number of aromatic nitrogens is 2. The zero-order chi connectivity index (χ0) is 13.4. The molecule has 1 aromatic heterocycles. The fraction of sp³-hybridized carbons (Fsp3) is 0.333. The molecule has 19 heavy (non-hydrogen) atoms. The summed E-state index contributed by atoms with van der Waals surface area (Å²) in [4.78, 5) is 2.41. The molecule has 4 heteroatoms. The Morgan fingerprint density at radius 2 is 1.79 bits per heavy atom. The molecule has 0 amide bonds. The van der Waals surface area contributed by atoms with Crippen LogP contribution in [0.25, 0.3) is 0 Å². The summed E-state index contributed by atoms with van der Waals surface area (Å²) >= 11 is 6.18. The Hall–Kier alpha value is -1.45. The number of hydrogen-bond acceptors (Lipinski definition) is 3. The standard InChI is InChI=1S/C15H16ClN3/c1-10-7-14(15(16)18-17-10)11(2)19-8-12-5-3-4-6-13(12)9-19/h3-7,11H,8-9H2,1-2H3. The van der Waals surface area contributed by atoms with Gasteiger partial charge in [-0.05, 0) is 31.0 Å². The average molecular weight is 274 g/mol. The number of nitrogens with zero attached hydrogens (tertiary/aromatic N) is 3. The zero-order valence-corrected chi connectivity index (χ0v) is 11.9. The van der Waals surface area contributed by atoms with Crippen molar-refractivity contribution in [2.45, 2.75) is 33.0 Å². The fourth-order valence-electron chi connectivity index (χ4n) is 2.62. The first-order valence-electron chi connectivity index (χ1n) is 6.45. The lowest BCUT2D eigenvalue weighted by Gasteiger charge is -2.24. The van der Waals surface area contributed by atoms with E-state index in [9.17, 15) is 0 Å². The van der Waals surface area contributed by atoms with Crippen molar-refractivity contribution >= 4 is 11.6 Å². The molecule has 2 heterocycles. The van der Waals surface area contributed by atoms with Crippen molar-refractivity contribution in [3.63, 3.8) is 0 Å². The summed E-state index contributed by atoms with van der Waals surface area (Å²) in [6, 6.07) is 10.9. The van der Waals surface area contributed by atoms with Crippen molar-refractivity contribution in [3.8, 4) is 0 Å². The van der Waals surface area contributed by atoms with Crippen molar-refractivity contribution in [2.24, 2.45) is 0 Å². The van der Waals surface area contributed by atoms with Crippen LogP contribution < -0.4 is 0 Å². The maximum Gasteiger partial charge on any atom is 0.156 e. The van der Waals surface area contributed by atoms with Gasteiger partial charge in [0.05, 0.1) is 5.69 Å². The van der Waals surface area contributed by atoms with Crippen LogP contribution in [0.4, 0.5) is 0 Å². The molecule has 0 saturated heterocycles. The molecule has 1 aromatic carbocycles. The van der Waals surface area contributed by atoms with Gasteiger partial charge in [-0.3, -0.25) is 4.90 Å². The minimum atomic E-state index is 0.245. The van der Waals surface area contributed by atoms with Crippen LogP contribution in [-0.2, 0) is 13.1 Å². The maximum atomic E-state index is 6.18. The zero-order valence-electron chi connectivity index (χ0n) is 11.1. The van der Waals surface area contributed by atoms with E-state index in [0.717, 1.165) is 24.3 Å². The van der Waals surface area contributed by atoms with Crippen LogP contribution in [0.3, 0.4) is 0 Å². The molecular weight excluding hydrogens is 258 g/mol. The van der Waals surface area contributed by atoms with Crippen LogP contribution in [0.5, 0.6) is 0 Å². The Morgan fingerprint density at radius 1 is 1.16 bits per heavy atom. The van der Waals surface area contributed by atoms with Crippen LogP contribution in [0.15, 0.2) is 30.3 Å². The molecule has 98 valence electrons. The van der Waals surface area contributed by atoms with E-state index in [0.29, 0.717) is 5.15 Å². The molecular formula is C15H16ClN3. The Labute approximate surface area is 118 Å². The number of hydrogen-bond donors (Lipinski definition) is 0. The normalized spacial score (nSPS) is 16.4. The highest BCUT2D eigenvalue weighted by Gasteiger charge is 2.25. The largest absolute Gasteiger partial charge is 0.288 e. The molecule has 0 aliphatic carbocycles. The van der Waals surface area contributed by atoms with Crippen LogP contribution in [0.1, 0.15) is 35.3 Å². The van der Waals surface area contributed by atoms with Gasteiger partial charge in [-0.2, -0.15) is 5.10 Å². The van der Waals surface area contributed by atoms with Gasteiger partial charge in [0.25, 0.3) is 0 Å². The summed E-state index contributed by atoms with van der Waals surface area (Å²) in [5, 5.41) is 8.50. The van der Waals surface area contributed by atoms with E-state index in [1.54, 1.807) is 0 Å². The Morgan fingerprint density at radius 3 is 2.42 bits per heavy atom. The molecule has 0 spiro atoms. The van der Waals surface area contributed by atoms with Gasteiger partial charge in [0.15, 0.2) is 5.15 Å². The van der Waals surface area contributed by atoms with Gasteiger partial charge in [0.1, 0.15) is 0 Å². The molecule has 1 unspecified atom stereocenters. The molecule has 3 nitrogen and oxygen atoms in total. The molecule has 0 fully saturated rings. The molecule has 0 N–H and O–H groups in total. The number of fused-ring (bicyclic) bond motifs is 1. The smallest absolute Gasteiger partial charge is 0.156 e. The van der Waals surface area contributed by atoms with E-state index in [-0.39, 0.29) is 6.04 Å². The van der Waals surface area contributed by atoms with Gasteiger partial charge in [0, 0.05) is 24.7 Å². The van der Waals surface area contributed by atoms with Gasteiger partial charge >= 0.3 is 0 Å². The molecule has 0 radical (unpaired) electrons. The summed E-state index contributed by atoms with van der Waals surface area (Å²) in [5.74, 6) is 0.